The average Bonchev–Trinajstić information content (AvgIpc) is 2.54. The van der Waals surface area contributed by atoms with Crippen LogP contribution in [-0.4, -0.2) is 21.5 Å². The van der Waals surface area contributed by atoms with E-state index in [-0.39, 0.29) is 0 Å². The van der Waals surface area contributed by atoms with Crippen molar-refractivity contribution in [2.75, 3.05) is 17.2 Å². The molecule has 21 heavy (non-hydrogen) atoms. The van der Waals surface area contributed by atoms with Gasteiger partial charge in [0, 0.05) is 19.3 Å². The molecule has 3 aromatic rings. The molecule has 5 nitrogen and oxygen atoms in total. The van der Waals surface area contributed by atoms with Gasteiger partial charge in [0.1, 0.15) is 5.82 Å². The average molecular weight is 277 g/mol. The van der Waals surface area contributed by atoms with E-state index in [9.17, 15) is 0 Å². The van der Waals surface area contributed by atoms with Crippen LogP contribution in [0.1, 0.15) is 11.1 Å². The van der Waals surface area contributed by atoms with Crippen molar-refractivity contribution >= 4 is 22.8 Å². The maximum atomic E-state index is 6.04. The van der Waals surface area contributed by atoms with Crippen molar-refractivity contribution in [2.45, 2.75) is 13.0 Å². The Balaban J connectivity index is 1.75. The summed E-state index contributed by atoms with van der Waals surface area (Å²) in [5, 5.41) is 0.804. The fourth-order valence-corrected chi connectivity index (χ4v) is 2.78. The summed E-state index contributed by atoms with van der Waals surface area (Å²) in [6.07, 6.45) is 2.73. The summed E-state index contributed by atoms with van der Waals surface area (Å²) in [5.74, 6) is 1.15. The zero-order chi connectivity index (χ0) is 14.2. The van der Waals surface area contributed by atoms with Gasteiger partial charge in [-0.2, -0.15) is 9.97 Å². The first kappa shape index (κ1) is 12.1. The van der Waals surface area contributed by atoms with Crippen molar-refractivity contribution in [3.8, 4) is 0 Å². The van der Waals surface area contributed by atoms with Crippen LogP contribution < -0.4 is 10.6 Å². The van der Waals surface area contributed by atoms with Crippen LogP contribution in [-0.2, 0) is 13.0 Å². The van der Waals surface area contributed by atoms with E-state index in [1.807, 2.05) is 12.1 Å². The van der Waals surface area contributed by atoms with Crippen LogP contribution >= 0.6 is 0 Å². The quantitative estimate of drug-likeness (QED) is 0.738. The van der Waals surface area contributed by atoms with Crippen LogP contribution in [0.5, 0.6) is 0 Å². The van der Waals surface area contributed by atoms with Gasteiger partial charge in [0.05, 0.1) is 5.39 Å². The lowest BCUT2D eigenvalue weighted by Crippen LogP contribution is -2.31. The van der Waals surface area contributed by atoms with E-state index in [0.29, 0.717) is 17.4 Å². The molecule has 1 aliphatic heterocycles. The summed E-state index contributed by atoms with van der Waals surface area (Å²) in [5.41, 5.74) is 9.42. The number of hydrogen-bond donors (Lipinski definition) is 1. The Morgan fingerprint density at radius 1 is 1.00 bits per heavy atom. The van der Waals surface area contributed by atoms with E-state index < -0.39 is 0 Å². The summed E-state index contributed by atoms with van der Waals surface area (Å²) in [7, 11) is 0. The highest BCUT2D eigenvalue weighted by Gasteiger charge is 2.19. The molecule has 4 rings (SSSR count). The van der Waals surface area contributed by atoms with Gasteiger partial charge >= 0.3 is 0 Å². The lowest BCUT2D eigenvalue weighted by atomic mass is 10.0. The summed E-state index contributed by atoms with van der Waals surface area (Å²) >= 11 is 0. The van der Waals surface area contributed by atoms with Crippen LogP contribution in [0.3, 0.4) is 0 Å². The van der Waals surface area contributed by atoms with Gasteiger partial charge in [-0.05, 0) is 29.7 Å². The Bertz CT molecular complexity index is 815. The largest absolute Gasteiger partial charge is 0.383 e. The molecule has 0 unspecified atom stereocenters. The van der Waals surface area contributed by atoms with Gasteiger partial charge in [0.2, 0.25) is 5.95 Å². The Morgan fingerprint density at radius 3 is 2.76 bits per heavy atom. The topological polar surface area (TPSA) is 67.9 Å². The standard InChI is InChI=1S/C16H15N5/c17-14-13-6-3-8-18-15(13)20-16(19-14)21-9-7-11-4-1-2-5-12(11)10-21/h1-6,8H,7,9-10H2,(H2,17,18,19,20). The first-order chi connectivity index (χ1) is 10.3. The maximum absolute atomic E-state index is 6.04. The molecule has 0 spiro atoms. The van der Waals surface area contributed by atoms with Crippen LogP contribution in [0.4, 0.5) is 11.8 Å². The van der Waals surface area contributed by atoms with Gasteiger partial charge in [-0.3, -0.25) is 0 Å². The highest BCUT2D eigenvalue weighted by molar-refractivity contribution is 5.86. The molecule has 0 radical (unpaired) electrons. The third kappa shape index (κ3) is 2.07. The van der Waals surface area contributed by atoms with E-state index >= 15 is 0 Å². The minimum Gasteiger partial charge on any atom is -0.383 e. The van der Waals surface area contributed by atoms with Gasteiger partial charge in [-0.25, -0.2) is 4.98 Å². The number of aromatic nitrogens is 3. The van der Waals surface area contributed by atoms with Crippen molar-refractivity contribution in [2.24, 2.45) is 0 Å². The third-order valence-corrected chi connectivity index (χ3v) is 3.90. The van der Waals surface area contributed by atoms with Gasteiger partial charge < -0.3 is 10.6 Å². The SMILES string of the molecule is Nc1nc(N2CCc3ccccc3C2)nc2ncccc12. The zero-order valence-corrected chi connectivity index (χ0v) is 11.5. The molecule has 0 saturated heterocycles. The number of nitrogen functional groups attached to an aromatic ring is 1. The van der Waals surface area contributed by atoms with Crippen molar-refractivity contribution in [3.63, 3.8) is 0 Å². The van der Waals surface area contributed by atoms with Crippen LogP contribution in [0, 0.1) is 0 Å². The fourth-order valence-electron chi connectivity index (χ4n) is 2.78. The highest BCUT2D eigenvalue weighted by atomic mass is 15.3. The molecular weight excluding hydrogens is 262 g/mol. The monoisotopic (exact) mass is 277 g/mol. The van der Waals surface area contributed by atoms with Crippen molar-refractivity contribution in [1.29, 1.82) is 0 Å². The molecule has 0 aliphatic carbocycles. The molecule has 1 aliphatic rings. The van der Waals surface area contributed by atoms with Gasteiger partial charge in [-0.15, -0.1) is 0 Å². The van der Waals surface area contributed by atoms with Gasteiger partial charge in [-0.1, -0.05) is 24.3 Å². The van der Waals surface area contributed by atoms with E-state index in [1.165, 1.54) is 11.1 Å². The Hall–Kier alpha value is -2.69. The second-order valence-electron chi connectivity index (χ2n) is 5.22. The third-order valence-electron chi connectivity index (χ3n) is 3.90. The lowest BCUT2D eigenvalue weighted by molar-refractivity contribution is 0.710. The summed E-state index contributed by atoms with van der Waals surface area (Å²) in [6, 6.07) is 12.2. The minimum absolute atomic E-state index is 0.488. The summed E-state index contributed by atoms with van der Waals surface area (Å²) in [4.78, 5) is 15.5. The molecule has 0 fully saturated rings. The fraction of sp³-hybridized carbons (Fsp3) is 0.188. The molecule has 5 heteroatoms. The highest BCUT2D eigenvalue weighted by Crippen LogP contribution is 2.24. The molecule has 104 valence electrons. The molecule has 3 heterocycles. The normalized spacial score (nSPS) is 14.2. The molecule has 1 aromatic carbocycles. The molecule has 0 saturated carbocycles. The van der Waals surface area contributed by atoms with Gasteiger partial charge in [0.15, 0.2) is 5.65 Å². The second-order valence-corrected chi connectivity index (χ2v) is 5.22. The number of benzene rings is 1. The molecular formula is C16H15N5. The first-order valence-corrected chi connectivity index (χ1v) is 7.01. The Kier molecular flexibility index (Phi) is 2.70. The summed E-state index contributed by atoms with van der Waals surface area (Å²) < 4.78 is 0. The van der Waals surface area contributed by atoms with Crippen LogP contribution in [0.15, 0.2) is 42.6 Å². The predicted molar refractivity (Wildman–Crippen MR) is 82.9 cm³/mol. The number of nitrogens with zero attached hydrogens (tertiary/aromatic N) is 4. The number of rotatable bonds is 1. The van der Waals surface area contributed by atoms with Crippen LogP contribution in [0.25, 0.3) is 11.0 Å². The summed E-state index contributed by atoms with van der Waals surface area (Å²) in [6.45, 7) is 1.71. The van der Waals surface area contributed by atoms with E-state index in [2.05, 4.69) is 44.1 Å². The Labute approximate surface area is 122 Å². The molecule has 0 atom stereocenters. The molecule has 0 amide bonds. The second kappa shape index (κ2) is 4.70. The minimum atomic E-state index is 0.488. The number of pyridine rings is 1. The zero-order valence-electron chi connectivity index (χ0n) is 11.5. The smallest absolute Gasteiger partial charge is 0.229 e. The number of hydrogen-bond acceptors (Lipinski definition) is 5. The van der Waals surface area contributed by atoms with Crippen LogP contribution in [0.2, 0.25) is 0 Å². The van der Waals surface area contributed by atoms with E-state index in [1.54, 1.807) is 6.20 Å². The van der Waals surface area contributed by atoms with Gasteiger partial charge in [0.25, 0.3) is 0 Å². The number of fused-ring (bicyclic) bond motifs is 2. The van der Waals surface area contributed by atoms with Crippen molar-refractivity contribution in [1.82, 2.24) is 15.0 Å². The maximum Gasteiger partial charge on any atom is 0.229 e. The molecule has 0 bridgehead atoms. The Morgan fingerprint density at radius 2 is 1.86 bits per heavy atom. The van der Waals surface area contributed by atoms with E-state index in [0.717, 1.165) is 24.9 Å². The molecule has 2 N–H and O–H groups in total. The first-order valence-electron chi connectivity index (χ1n) is 7.01. The number of nitrogens with two attached hydrogens (primary N) is 1. The predicted octanol–water partition coefficient (Wildman–Crippen LogP) is 2.17. The molecule has 2 aromatic heterocycles. The lowest BCUT2D eigenvalue weighted by Gasteiger charge is -2.28. The van der Waals surface area contributed by atoms with E-state index in [4.69, 9.17) is 5.73 Å². The van der Waals surface area contributed by atoms with Crippen molar-refractivity contribution < 1.29 is 0 Å². The van der Waals surface area contributed by atoms with Crippen molar-refractivity contribution in [3.05, 3.63) is 53.7 Å². The number of anilines is 2.